The smallest absolute Gasteiger partial charge is 0.410 e. The van der Waals surface area contributed by atoms with Crippen LogP contribution in [0.15, 0.2) is 30.3 Å². The Morgan fingerprint density at radius 1 is 0.967 bits per heavy atom. The van der Waals surface area contributed by atoms with Gasteiger partial charge in [0.05, 0.1) is 7.11 Å². The number of piperidine rings is 2. The van der Waals surface area contributed by atoms with Gasteiger partial charge in [-0.25, -0.2) is 9.59 Å². The molecule has 2 fully saturated rings. The Hall–Kier alpha value is -2.28. The number of carbonyl (C=O) groups is 2. The molecule has 30 heavy (non-hydrogen) atoms. The second kappa shape index (κ2) is 9.69. The molecule has 166 valence electrons. The van der Waals surface area contributed by atoms with E-state index in [1.165, 1.54) is 12.7 Å². The number of nitrogens with one attached hydrogen (secondary N) is 1. The van der Waals surface area contributed by atoms with Gasteiger partial charge >= 0.3 is 12.2 Å². The van der Waals surface area contributed by atoms with Gasteiger partial charge < -0.3 is 24.6 Å². The third kappa shape index (κ3) is 5.88. The van der Waals surface area contributed by atoms with Crippen LogP contribution in [-0.4, -0.2) is 73.0 Å². The van der Waals surface area contributed by atoms with Crippen LogP contribution in [0.1, 0.15) is 51.5 Å². The Balaban J connectivity index is 1.67. The minimum Gasteiger partial charge on any atom is -0.453 e. The van der Waals surface area contributed by atoms with Crippen LogP contribution < -0.4 is 5.32 Å². The molecule has 0 radical (unpaired) electrons. The highest BCUT2D eigenvalue weighted by Gasteiger charge is 2.36. The third-order valence-corrected chi connectivity index (χ3v) is 5.87. The fraction of sp³-hybridized carbons (Fsp3) is 0.652. The van der Waals surface area contributed by atoms with Gasteiger partial charge in [-0.1, -0.05) is 30.3 Å². The summed E-state index contributed by atoms with van der Waals surface area (Å²) in [5, 5.41) is 3.80. The maximum Gasteiger partial charge on any atom is 0.410 e. The molecule has 3 rings (SSSR count). The number of hydrogen-bond donors (Lipinski definition) is 1. The Morgan fingerprint density at radius 3 is 2.20 bits per heavy atom. The molecule has 1 aromatic rings. The van der Waals surface area contributed by atoms with E-state index in [1.54, 1.807) is 4.90 Å². The van der Waals surface area contributed by atoms with E-state index in [0.717, 1.165) is 19.3 Å². The van der Waals surface area contributed by atoms with Gasteiger partial charge in [-0.15, -0.1) is 0 Å². The van der Waals surface area contributed by atoms with E-state index in [2.05, 4.69) is 29.6 Å². The molecule has 7 nitrogen and oxygen atoms in total. The van der Waals surface area contributed by atoms with Crippen LogP contribution in [0.4, 0.5) is 9.59 Å². The van der Waals surface area contributed by atoms with Crippen molar-refractivity contribution in [1.82, 2.24) is 15.1 Å². The maximum atomic E-state index is 12.7. The lowest BCUT2D eigenvalue weighted by molar-refractivity contribution is 0.0160. The number of methoxy groups -OCH3 is 1. The molecule has 7 heteroatoms. The Morgan fingerprint density at radius 2 is 1.60 bits per heavy atom. The maximum absolute atomic E-state index is 12.7. The summed E-state index contributed by atoms with van der Waals surface area (Å²) >= 11 is 0. The van der Waals surface area contributed by atoms with E-state index in [4.69, 9.17) is 9.47 Å². The molecule has 2 heterocycles. The van der Waals surface area contributed by atoms with Crippen molar-refractivity contribution in [2.75, 3.05) is 33.3 Å². The molecular weight excluding hydrogens is 382 g/mol. The first-order valence-electron chi connectivity index (χ1n) is 10.9. The lowest BCUT2D eigenvalue weighted by atomic mass is 9.84. The van der Waals surface area contributed by atoms with Crippen LogP contribution >= 0.6 is 0 Å². The molecule has 0 aliphatic carbocycles. The molecule has 0 spiro atoms. The van der Waals surface area contributed by atoms with E-state index in [9.17, 15) is 9.59 Å². The van der Waals surface area contributed by atoms with Crippen LogP contribution in [0.5, 0.6) is 0 Å². The number of hydrogen-bond acceptors (Lipinski definition) is 5. The zero-order valence-corrected chi connectivity index (χ0v) is 18.6. The summed E-state index contributed by atoms with van der Waals surface area (Å²) in [5.41, 5.74) is 0.794. The predicted octanol–water partition coefficient (Wildman–Crippen LogP) is 3.60. The Bertz CT molecular complexity index is 711. The summed E-state index contributed by atoms with van der Waals surface area (Å²) in [6, 6.07) is 11.0. The molecule has 0 bridgehead atoms. The normalized spacial score (nSPS) is 23.2. The van der Waals surface area contributed by atoms with Gasteiger partial charge in [-0.05, 0) is 45.6 Å². The third-order valence-electron chi connectivity index (χ3n) is 5.87. The number of amides is 2. The van der Waals surface area contributed by atoms with Gasteiger partial charge in [-0.2, -0.15) is 0 Å². The number of ether oxygens (including phenoxy) is 2. The fourth-order valence-corrected chi connectivity index (χ4v) is 4.37. The minimum absolute atomic E-state index is 0.142. The van der Waals surface area contributed by atoms with Crippen molar-refractivity contribution < 1.29 is 19.1 Å². The Kier molecular flexibility index (Phi) is 7.23. The van der Waals surface area contributed by atoms with E-state index in [1.807, 2.05) is 31.7 Å². The highest BCUT2D eigenvalue weighted by molar-refractivity contribution is 5.68. The van der Waals surface area contributed by atoms with E-state index < -0.39 is 5.60 Å². The highest BCUT2D eigenvalue weighted by Crippen LogP contribution is 2.30. The molecular formula is C23H35N3O4. The zero-order valence-electron chi connectivity index (χ0n) is 18.6. The quantitative estimate of drug-likeness (QED) is 0.814. The number of nitrogens with zero attached hydrogens (tertiary/aromatic N) is 2. The van der Waals surface area contributed by atoms with Crippen molar-refractivity contribution >= 4 is 12.2 Å². The van der Waals surface area contributed by atoms with Gasteiger partial charge in [0.15, 0.2) is 0 Å². The van der Waals surface area contributed by atoms with Gasteiger partial charge in [0.1, 0.15) is 5.60 Å². The first-order valence-corrected chi connectivity index (χ1v) is 10.9. The number of likely N-dealkylation sites (tertiary alicyclic amines) is 2. The SMILES string of the molecule is COC(=O)N1CCC(NC2CN(C(=O)OC(C)(C)C)CCC2c2ccccc2)CC1. The van der Waals surface area contributed by atoms with Crippen LogP contribution in [0.2, 0.25) is 0 Å². The second-order valence-electron chi connectivity index (χ2n) is 9.24. The molecule has 0 saturated carbocycles. The lowest BCUT2D eigenvalue weighted by Crippen LogP contribution is -2.56. The topological polar surface area (TPSA) is 71.1 Å². The molecule has 2 amide bonds. The molecule has 2 unspecified atom stereocenters. The van der Waals surface area contributed by atoms with Crippen molar-refractivity contribution in [3.8, 4) is 0 Å². The van der Waals surface area contributed by atoms with E-state index >= 15 is 0 Å². The molecule has 0 aromatic heterocycles. The average molecular weight is 418 g/mol. The molecule has 2 atom stereocenters. The largest absolute Gasteiger partial charge is 0.453 e. The summed E-state index contributed by atoms with van der Waals surface area (Å²) in [6.07, 6.45) is 2.13. The van der Waals surface area contributed by atoms with Gasteiger partial charge in [0, 0.05) is 44.2 Å². The first kappa shape index (κ1) is 22.4. The first-order chi connectivity index (χ1) is 14.3. The number of carbonyl (C=O) groups excluding carboxylic acids is 2. The summed E-state index contributed by atoms with van der Waals surface area (Å²) in [4.78, 5) is 28.0. The number of rotatable bonds is 3. The van der Waals surface area contributed by atoms with Crippen LogP contribution in [0.3, 0.4) is 0 Å². The molecule has 1 aromatic carbocycles. The predicted molar refractivity (Wildman–Crippen MR) is 116 cm³/mol. The minimum atomic E-state index is -0.503. The van der Waals surface area contributed by atoms with E-state index in [0.29, 0.717) is 38.1 Å². The number of benzene rings is 1. The van der Waals surface area contributed by atoms with Gasteiger partial charge in [0.2, 0.25) is 0 Å². The summed E-state index contributed by atoms with van der Waals surface area (Å²) in [5.74, 6) is 0.337. The summed E-state index contributed by atoms with van der Waals surface area (Å²) in [6.45, 7) is 8.36. The second-order valence-corrected chi connectivity index (χ2v) is 9.24. The summed E-state index contributed by atoms with van der Waals surface area (Å²) in [7, 11) is 1.42. The van der Waals surface area contributed by atoms with Crippen molar-refractivity contribution in [2.24, 2.45) is 0 Å². The fourth-order valence-electron chi connectivity index (χ4n) is 4.37. The Labute approximate surface area is 179 Å². The molecule has 2 saturated heterocycles. The van der Waals surface area contributed by atoms with Crippen molar-refractivity contribution in [1.29, 1.82) is 0 Å². The summed E-state index contributed by atoms with van der Waals surface area (Å²) < 4.78 is 10.4. The lowest BCUT2D eigenvalue weighted by Gasteiger charge is -2.42. The van der Waals surface area contributed by atoms with Crippen LogP contribution in [-0.2, 0) is 9.47 Å². The molecule has 2 aliphatic heterocycles. The van der Waals surface area contributed by atoms with Gasteiger partial charge in [-0.3, -0.25) is 0 Å². The molecule has 1 N–H and O–H groups in total. The van der Waals surface area contributed by atoms with Crippen molar-refractivity contribution in [3.63, 3.8) is 0 Å². The average Bonchev–Trinajstić information content (AvgIpc) is 2.73. The van der Waals surface area contributed by atoms with Gasteiger partial charge in [0.25, 0.3) is 0 Å². The zero-order chi connectivity index (χ0) is 21.7. The van der Waals surface area contributed by atoms with Crippen molar-refractivity contribution in [2.45, 2.75) is 63.6 Å². The standard InChI is InChI=1S/C23H35N3O4/c1-23(2,3)30-22(28)26-15-12-19(17-8-6-5-7-9-17)20(16-26)24-18-10-13-25(14-11-18)21(27)29-4/h5-9,18-20,24H,10-16H2,1-4H3. The van der Waals surface area contributed by atoms with E-state index in [-0.39, 0.29) is 18.2 Å². The van der Waals surface area contributed by atoms with Crippen LogP contribution in [0, 0.1) is 0 Å². The van der Waals surface area contributed by atoms with Crippen LogP contribution in [0.25, 0.3) is 0 Å². The van der Waals surface area contributed by atoms with Crippen molar-refractivity contribution in [3.05, 3.63) is 35.9 Å². The highest BCUT2D eigenvalue weighted by atomic mass is 16.6. The molecule has 2 aliphatic rings. The monoisotopic (exact) mass is 417 g/mol.